The molecule has 1 aliphatic heterocycles. The third kappa shape index (κ3) is 1.85. The van der Waals surface area contributed by atoms with Crippen molar-refractivity contribution in [3.05, 3.63) is 29.3 Å². The van der Waals surface area contributed by atoms with Crippen molar-refractivity contribution in [2.24, 2.45) is 5.92 Å². The van der Waals surface area contributed by atoms with Crippen molar-refractivity contribution >= 4 is 0 Å². The van der Waals surface area contributed by atoms with Gasteiger partial charge >= 0.3 is 0 Å². The molecule has 2 atom stereocenters. The van der Waals surface area contributed by atoms with Gasteiger partial charge in [-0.25, -0.2) is 0 Å². The van der Waals surface area contributed by atoms with Gasteiger partial charge in [0.1, 0.15) is 5.75 Å². The summed E-state index contributed by atoms with van der Waals surface area (Å²) in [6.45, 7) is 4.76. The third-order valence-electron chi connectivity index (χ3n) is 4.61. The predicted octanol–water partition coefficient (Wildman–Crippen LogP) is 2.55. The van der Waals surface area contributed by atoms with E-state index < -0.39 is 0 Å². The average Bonchev–Trinajstić information content (AvgIpc) is 2.39. The van der Waals surface area contributed by atoms with Gasteiger partial charge in [-0.15, -0.1) is 0 Å². The Labute approximate surface area is 103 Å². The highest BCUT2D eigenvalue weighted by Crippen LogP contribution is 2.45. The molecule has 1 heterocycles. The van der Waals surface area contributed by atoms with E-state index in [4.69, 9.17) is 0 Å². The van der Waals surface area contributed by atoms with Crippen molar-refractivity contribution in [3.8, 4) is 5.75 Å². The molecule has 1 aliphatic carbocycles. The van der Waals surface area contributed by atoms with Crippen LogP contribution in [0.5, 0.6) is 5.75 Å². The molecule has 2 nitrogen and oxygen atoms in total. The molecule has 0 spiro atoms. The van der Waals surface area contributed by atoms with Crippen LogP contribution >= 0.6 is 0 Å². The Balaban J connectivity index is 2.07. The summed E-state index contributed by atoms with van der Waals surface area (Å²) in [5.41, 5.74) is 3.11. The fourth-order valence-electron chi connectivity index (χ4n) is 3.77. The molecule has 0 aromatic heterocycles. The van der Waals surface area contributed by atoms with E-state index in [2.05, 4.69) is 24.9 Å². The first-order chi connectivity index (χ1) is 8.07. The molecular weight excluding hydrogens is 210 g/mol. The van der Waals surface area contributed by atoms with Gasteiger partial charge in [0, 0.05) is 6.54 Å². The van der Waals surface area contributed by atoms with Crippen molar-refractivity contribution < 1.29 is 5.11 Å². The summed E-state index contributed by atoms with van der Waals surface area (Å²) in [7, 11) is 2.23. The Hall–Kier alpha value is -1.02. The quantitative estimate of drug-likeness (QED) is 0.741. The van der Waals surface area contributed by atoms with Gasteiger partial charge < -0.3 is 10.0 Å². The monoisotopic (exact) mass is 231 g/mol. The lowest BCUT2D eigenvalue weighted by molar-refractivity contribution is 0.289. The van der Waals surface area contributed by atoms with Crippen molar-refractivity contribution in [1.82, 2.24) is 4.90 Å². The maximum atomic E-state index is 9.71. The van der Waals surface area contributed by atoms with Crippen LogP contribution in [0.2, 0.25) is 0 Å². The average molecular weight is 231 g/mol. The van der Waals surface area contributed by atoms with Gasteiger partial charge in [-0.1, -0.05) is 13.0 Å². The SMILES string of the molecule is CN1CC[C@@]2(C)C[C@H](Cc3ccc(O)cc32)C1. The number of aromatic hydroxyl groups is 1. The highest BCUT2D eigenvalue weighted by molar-refractivity contribution is 5.42. The summed E-state index contributed by atoms with van der Waals surface area (Å²) in [6.07, 6.45) is 3.65. The number of hydrogen-bond donors (Lipinski definition) is 1. The number of nitrogens with zero attached hydrogens (tertiary/aromatic N) is 1. The maximum Gasteiger partial charge on any atom is 0.115 e. The first kappa shape index (κ1) is 11.1. The van der Waals surface area contributed by atoms with Gasteiger partial charge in [0.2, 0.25) is 0 Å². The highest BCUT2D eigenvalue weighted by atomic mass is 16.3. The van der Waals surface area contributed by atoms with E-state index >= 15 is 0 Å². The predicted molar refractivity (Wildman–Crippen MR) is 69.4 cm³/mol. The topological polar surface area (TPSA) is 23.5 Å². The Bertz CT molecular complexity index is 443. The molecule has 1 aromatic rings. The lowest BCUT2D eigenvalue weighted by Gasteiger charge is -2.38. The molecule has 92 valence electrons. The Morgan fingerprint density at radius 1 is 1.41 bits per heavy atom. The molecule has 0 unspecified atom stereocenters. The van der Waals surface area contributed by atoms with Crippen LogP contribution in [0, 0.1) is 5.92 Å². The summed E-state index contributed by atoms with van der Waals surface area (Å²) >= 11 is 0. The number of phenols is 1. The molecule has 3 rings (SSSR count). The van der Waals surface area contributed by atoms with Crippen molar-refractivity contribution in [1.29, 1.82) is 0 Å². The number of benzene rings is 1. The van der Waals surface area contributed by atoms with Gasteiger partial charge in [0.15, 0.2) is 0 Å². The van der Waals surface area contributed by atoms with Crippen LogP contribution < -0.4 is 0 Å². The van der Waals surface area contributed by atoms with Gasteiger partial charge in [0.25, 0.3) is 0 Å². The fourth-order valence-corrected chi connectivity index (χ4v) is 3.77. The minimum absolute atomic E-state index is 0.266. The normalized spacial score (nSPS) is 32.9. The Morgan fingerprint density at radius 3 is 3.06 bits per heavy atom. The van der Waals surface area contributed by atoms with Gasteiger partial charge in [-0.05, 0) is 67.4 Å². The zero-order valence-corrected chi connectivity index (χ0v) is 10.7. The van der Waals surface area contributed by atoms with Crippen LogP contribution in [0.25, 0.3) is 0 Å². The molecule has 0 saturated carbocycles. The molecular formula is C15H21NO. The number of fused-ring (bicyclic) bond motifs is 4. The summed E-state index contributed by atoms with van der Waals surface area (Å²) < 4.78 is 0. The van der Waals surface area contributed by atoms with Gasteiger partial charge in [0.05, 0.1) is 0 Å². The van der Waals surface area contributed by atoms with E-state index in [1.165, 1.54) is 43.5 Å². The minimum atomic E-state index is 0.266. The van der Waals surface area contributed by atoms with E-state index in [9.17, 15) is 5.11 Å². The smallest absolute Gasteiger partial charge is 0.115 e. The van der Waals surface area contributed by atoms with Gasteiger partial charge in [-0.2, -0.15) is 0 Å². The Kier molecular flexibility index (Phi) is 2.44. The third-order valence-corrected chi connectivity index (χ3v) is 4.61. The zero-order valence-electron chi connectivity index (χ0n) is 10.7. The second kappa shape index (κ2) is 3.74. The number of phenolic OH excluding ortho intramolecular Hbond substituents is 1. The second-order valence-corrected chi connectivity index (χ2v) is 6.19. The molecule has 0 radical (unpaired) electrons. The van der Waals surface area contributed by atoms with E-state index in [-0.39, 0.29) is 5.41 Å². The molecule has 1 saturated heterocycles. The first-order valence-corrected chi connectivity index (χ1v) is 6.58. The first-order valence-electron chi connectivity index (χ1n) is 6.58. The van der Waals surface area contributed by atoms with E-state index in [0.717, 1.165) is 5.92 Å². The van der Waals surface area contributed by atoms with Crippen molar-refractivity contribution in [3.63, 3.8) is 0 Å². The Morgan fingerprint density at radius 2 is 2.24 bits per heavy atom. The summed E-state index contributed by atoms with van der Waals surface area (Å²) in [5, 5.41) is 9.71. The summed E-state index contributed by atoms with van der Waals surface area (Å²) in [4.78, 5) is 2.46. The largest absolute Gasteiger partial charge is 0.508 e. The number of hydrogen-bond acceptors (Lipinski definition) is 2. The summed E-state index contributed by atoms with van der Waals surface area (Å²) in [5.74, 6) is 1.20. The van der Waals surface area contributed by atoms with Crippen LogP contribution in [0.1, 0.15) is 30.9 Å². The van der Waals surface area contributed by atoms with Crippen LogP contribution in [0.4, 0.5) is 0 Å². The van der Waals surface area contributed by atoms with Crippen molar-refractivity contribution in [2.45, 2.75) is 31.6 Å². The molecule has 2 bridgehead atoms. The summed E-state index contributed by atoms with van der Waals surface area (Å²) in [6, 6.07) is 5.96. The molecule has 1 fully saturated rings. The highest BCUT2D eigenvalue weighted by Gasteiger charge is 2.39. The molecule has 2 heteroatoms. The number of likely N-dealkylation sites (tertiary alicyclic amines) is 1. The minimum Gasteiger partial charge on any atom is -0.508 e. The van der Waals surface area contributed by atoms with E-state index in [1.807, 2.05) is 12.1 Å². The van der Waals surface area contributed by atoms with Crippen LogP contribution in [0.15, 0.2) is 18.2 Å². The molecule has 0 amide bonds. The maximum absolute atomic E-state index is 9.71. The van der Waals surface area contributed by atoms with Crippen LogP contribution in [0.3, 0.4) is 0 Å². The lowest BCUT2D eigenvalue weighted by Crippen LogP contribution is -2.32. The van der Waals surface area contributed by atoms with E-state index in [0.29, 0.717) is 5.75 Å². The fraction of sp³-hybridized carbons (Fsp3) is 0.600. The zero-order chi connectivity index (χ0) is 12.0. The van der Waals surface area contributed by atoms with Crippen LogP contribution in [-0.2, 0) is 11.8 Å². The van der Waals surface area contributed by atoms with Gasteiger partial charge in [-0.3, -0.25) is 0 Å². The number of rotatable bonds is 0. The molecule has 1 aromatic carbocycles. The molecule has 1 N–H and O–H groups in total. The lowest BCUT2D eigenvalue weighted by atomic mass is 9.66. The van der Waals surface area contributed by atoms with Crippen LogP contribution in [-0.4, -0.2) is 30.1 Å². The standard InChI is InChI=1S/C15H21NO/c1-15-5-6-16(2)10-11(9-15)7-12-3-4-13(17)8-14(12)15/h3-4,8,11,17H,5-7,9-10H2,1-2H3/t11-,15-/m0/s1. The molecule has 17 heavy (non-hydrogen) atoms. The van der Waals surface area contributed by atoms with E-state index in [1.54, 1.807) is 0 Å². The second-order valence-electron chi connectivity index (χ2n) is 6.19. The molecule has 2 aliphatic rings. The van der Waals surface area contributed by atoms with Crippen molar-refractivity contribution in [2.75, 3.05) is 20.1 Å².